The number of carbonyl (C=O) groups excluding carboxylic acids is 8. The Hall–Kier alpha value is -6.66. The van der Waals surface area contributed by atoms with Crippen LogP contribution in [0.1, 0.15) is 43.7 Å². The molecule has 64 heavy (non-hydrogen) atoms. The molecular formula is C40H49N11O11S2. The molecule has 2 aliphatic rings. The minimum Gasteiger partial charge on any atom is -0.481 e. The van der Waals surface area contributed by atoms with E-state index in [1.54, 1.807) is 6.20 Å². The molecule has 1 aromatic heterocycles. The number of anilines is 1. The summed E-state index contributed by atoms with van der Waals surface area (Å²) in [5.74, 6) is -8.35. The Morgan fingerprint density at radius 3 is 2.30 bits per heavy atom. The highest BCUT2D eigenvalue weighted by atomic mass is 33.1. The van der Waals surface area contributed by atoms with Crippen molar-refractivity contribution < 1.29 is 53.0 Å². The van der Waals surface area contributed by atoms with Gasteiger partial charge in [0.2, 0.25) is 47.3 Å². The molecule has 2 fully saturated rings. The van der Waals surface area contributed by atoms with E-state index in [9.17, 15) is 48.3 Å². The number of carboxylic acid groups (broad SMARTS) is 1. The molecule has 3 heterocycles. The monoisotopic (exact) mass is 923 g/mol. The fourth-order valence-electron chi connectivity index (χ4n) is 6.79. The first-order chi connectivity index (χ1) is 30.5. The summed E-state index contributed by atoms with van der Waals surface area (Å²) in [5.41, 5.74) is 13.5. The number of fused-ring (bicyclic) bond motifs is 2. The molecule has 2 aliphatic heterocycles. The van der Waals surface area contributed by atoms with Gasteiger partial charge in [-0.2, -0.15) is 0 Å². The zero-order valence-electron chi connectivity index (χ0n) is 34.5. The number of amides is 8. The third kappa shape index (κ3) is 13.7. The smallest absolute Gasteiger partial charge is 0.305 e. The third-order valence-electron chi connectivity index (χ3n) is 10.1. The molecule has 3 aromatic rings. The minimum atomic E-state index is -1.74. The number of rotatable bonds is 10. The van der Waals surface area contributed by atoms with E-state index in [2.05, 4.69) is 36.9 Å². The lowest BCUT2D eigenvalue weighted by Crippen LogP contribution is -2.58. The number of primary amides is 1. The van der Waals surface area contributed by atoms with Gasteiger partial charge in [-0.1, -0.05) is 39.8 Å². The van der Waals surface area contributed by atoms with E-state index in [1.165, 1.54) is 36.1 Å². The normalized spacial score (nSPS) is 23.4. The van der Waals surface area contributed by atoms with E-state index in [-0.39, 0.29) is 43.3 Å². The summed E-state index contributed by atoms with van der Waals surface area (Å²) in [6.45, 7) is 0.524. The van der Waals surface area contributed by atoms with E-state index < -0.39 is 109 Å². The highest BCUT2D eigenvalue weighted by molar-refractivity contribution is 8.76. The molecule has 6 atom stereocenters. The number of hydrogen-bond acceptors (Lipinski definition) is 13. The van der Waals surface area contributed by atoms with Crippen molar-refractivity contribution in [3.05, 3.63) is 65.9 Å². The van der Waals surface area contributed by atoms with Crippen molar-refractivity contribution >= 4 is 97.2 Å². The van der Waals surface area contributed by atoms with Crippen molar-refractivity contribution in [2.45, 2.75) is 75.5 Å². The van der Waals surface area contributed by atoms with Crippen LogP contribution in [0.15, 0.2) is 54.7 Å². The standard InChI is InChI=1S/C40H49N11O11S2/c1-20-40(61)51-17-24(62-18-22-15-44-26-5-3-2-4-25(22)26)12-30(51)39(60)50-29(36(43)57)19-64-63-11-10-31(52)48-27(13-32(53)47-23-8-6-21(7-9-23)35(41)42)37(58)45-16-33(54)49-28(14-34(55)56)38(59)46-20/h2-9,15,20,24,27-30,44H,10-14,16-19H2,1H3,(H3,41,42)(H2,43,57)(H,45,58)(H,46,59)(H,47,53)(H,48,52)(H,49,54)(H,50,60)(H,55,56)/t20-,24?,27-,28-,29?,30-/m0/s1. The lowest BCUT2D eigenvalue weighted by atomic mass is 10.1. The van der Waals surface area contributed by atoms with Gasteiger partial charge in [-0.05, 0) is 37.3 Å². The van der Waals surface area contributed by atoms with Crippen molar-refractivity contribution in [3.63, 3.8) is 0 Å². The first-order valence-corrected chi connectivity index (χ1v) is 22.4. The number of para-hydroxylation sites is 1. The fraction of sp³-hybridized carbons (Fsp3) is 0.400. The van der Waals surface area contributed by atoms with Gasteiger partial charge in [-0.3, -0.25) is 48.6 Å². The quantitative estimate of drug-likeness (QED) is 0.0646. The SMILES string of the molecule is C[C@@H]1NC(=O)[C@H](CC(=O)O)NC(=O)CNC(=O)[C@H](CC(=O)Nc2ccc(C(=N)N)cc2)NC(=O)CCSSCC(C(N)=O)NC(=O)[C@@H]2CC(OCc3c[nH]c4ccccc34)CN2C1=O. The number of amidine groups is 1. The number of ether oxygens (including phenoxy) is 1. The van der Waals surface area contributed by atoms with Crippen LogP contribution in [0, 0.1) is 5.41 Å². The Balaban J connectivity index is 1.32. The molecule has 0 radical (unpaired) electrons. The lowest BCUT2D eigenvalue weighted by Gasteiger charge is -2.28. The molecular weight excluding hydrogens is 875 g/mol. The van der Waals surface area contributed by atoms with Crippen LogP contribution in [0.3, 0.4) is 0 Å². The zero-order valence-corrected chi connectivity index (χ0v) is 36.1. The highest BCUT2D eigenvalue weighted by Crippen LogP contribution is 2.27. The third-order valence-corrected chi connectivity index (χ3v) is 12.5. The van der Waals surface area contributed by atoms with Crippen LogP contribution in [0.25, 0.3) is 10.9 Å². The summed E-state index contributed by atoms with van der Waals surface area (Å²) >= 11 is 0. The largest absolute Gasteiger partial charge is 0.481 e. The average molecular weight is 924 g/mol. The van der Waals surface area contributed by atoms with E-state index in [1.807, 2.05) is 24.3 Å². The van der Waals surface area contributed by atoms with Crippen molar-refractivity contribution in [1.82, 2.24) is 36.5 Å². The number of benzene rings is 2. The van der Waals surface area contributed by atoms with Gasteiger partial charge in [0.15, 0.2) is 0 Å². The zero-order chi connectivity index (χ0) is 46.5. The molecule has 2 aromatic carbocycles. The molecule has 22 nitrogen and oxygen atoms in total. The second kappa shape index (κ2) is 22.6. The molecule has 0 bridgehead atoms. The van der Waals surface area contributed by atoms with Gasteiger partial charge in [-0.25, -0.2) is 0 Å². The van der Waals surface area contributed by atoms with Crippen molar-refractivity contribution in [2.75, 3.05) is 29.9 Å². The van der Waals surface area contributed by atoms with Crippen LogP contribution in [0.5, 0.6) is 0 Å². The number of nitrogens with one attached hydrogen (secondary N) is 8. The summed E-state index contributed by atoms with van der Waals surface area (Å²) in [7, 11) is 2.28. The number of H-pyrrole nitrogens is 1. The number of carbonyl (C=O) groups is 9. The topological polar surface area (TPSA) is 350 Å². The van der Waals surface area contributed by atoms with Crippen LogP contribution in [-0.4, -0.2) is 135 Å². The van der Waals surface area contributed by atoms with E-state index in [0.29, 0.717) is 11.3 Å². The van der Waals surface area contributed by atoms with Crippen molar-refractivity contribution in [3.8, 4) is 0 Å². The first-order valence-electron chi connectivity index (χ1n) is 19.9. The molecule has 5 rings (SSSR count). The Labute approximate surface area is 373 Å². The maximum absolute atomic E-state index is 14.0. The number of nitrogens with two attached hydrogens (primary N) is 2. The van der Waals surface area contributed by atoms with E-state index >= 15 is 0 Å². The van der Waals surface area contributed by atoms with Crippen LogP contribution < -0.4 is 43.4 Å². The van der Waals surface area contributed by atoms with Gasteiger partial charge in [0, 0.05) is 64.8 Å². The Morgan fingerprint density at radius 1 is 0.891 bits per heavy atom. The summed E-state index contributed by atoms with van der Waals surface area (Å²) < 4.78 is 6.19. The van der Waals surface area contributed by atoms with Gasteiger partial charge in [0.25, 0.3) is 0 Å². The molecule has 0 saturated carbocycles. The summed E-state index contributed by atoms with van der Waals surface area (Å²) in [6.07, 6.45) is -0.583. The Bertz CT molecular complexity index is 2280. The Kier molecular flexibility index (Phi) is 17.1. The highest BCUT2D eigenvalue weighted by Gasteiger charge is 2.43. The molecule has 24 heteroatoms. The molecule has 0 spiro atoms. The van der Waals surface area contributed by atoms with E-state index in [0.717, 1.165) is 38.1 Å². The van der Waals surface area contributed by atoms with Gasteiger partial charge in [0.05, 0.1) is 32.1 Å². The number of nitrogens with zero attached hydrogens (tertiary/aromatic N) is 1. The van der Waals surface area contributed by atoms with Crippen molar-refractivity contribution in [1.29, 1.82) is 5.41 Å². The minimum absolute atomic E-state index is 0.00334. The number of nitrogen functional groups attached to an aromatic ring is 1. The van der Waals surface area contributed by atoms with Gasteiger partial charge in [-0.15, -0.1) is 0 Å². The molecule has 13 N–H and O–H groups in total. The lowest BCUT2D eigenvalue weighted by molar-refractivity contribution is -0.143. The van der Waals surface area contributed by atoms with Crippen LogP contribution in [0.4, 0.5) is 5.69 Å². The summed E-state index contributed by atoms with van der Waals surface area (Å²) in [6, 6.07) is 6.46. The maximum atomic E-state index is 14.0. The maximum Gasteiger partial charge on any atom is 0.305 e. The van der Waals surface area contributed by atoms with Gasteiger partial charge >= 0.3 is 5.97 Å². The molecule has 2 unspecified atom stereocenters. The number of aromatic nitrogens is 1. The second-order valence-electron chi connectivity index (χ2n) is 14.9. The molecule has 8 amide bonds. The van der Waals surface area contributed by atoms with Gasteiger partial charge < -0.3 is 63.1 Å². The predicted molar refractivity (Wildman–Crippen MR) is 235 cm³/mol. The molecule has 0 aliphatic carbocycles. The number of aliphatic carboxylic acids is 1. The molecule has 342 valence electrons. The van der Waals surface area contributed by atoms with Gasteiger partial charge in [0.1, 0.15) is 36.0 Å². The summed E-state index contributed by atoms with van der Waals surface area (Å²) in [5, 5.41) is 32.6. The predicted octanol–water partition coefficient (Wildman–Crippen LogP) is -1.21. The second-order valence-corrected chi connectivity index (χ2v) is 17.5. The molecule has 2 saturated heterocycles. The van der Waals surface area contributed by atoms with Crippen LogP contribution in [-0.2, 0) is 54.5 Å². The van der Waals surface area contributed by atoms with E-state index in [4.69, 9.17) is 21.6 Å². The number of aromatic amines is 1. The van der Waals surface area contributed by atoms with Crippen LogP contribution >= 0.6 is 21.6 Å². The average Bonchev–Trinajstić information content (AvgIpc) is 3.87. The number of hydrogen-bond donors (Lipinski definition) is 11. The fourth-order valence-corrected chi connectivity index (χ4v) is 8.96. The number of carboxylic acids is 1. The van der Waals surface area contributed by atoms with Crippen LogP contribution in [0.2, 0.25) is 0 Å². The van der Waals surface area contributed by atoms with Crippen molar-refractivity contribution in [2.24, 2.45) is 11.5 Å². The summed E-state index contributed by atoms with van der Waals surface area (Å²) in [4.78, 5) is 123. The Morgan fingerprint density at radius 2 is 1.59 bits per heavy atom. The first kappa shape index (κ1) is 48.4.